The molecule has 1 aliphatic heterocycles. The van der Waals surface area contributed by atoms with Crippen molar-refractivity contribution in [3.8, 4) is 0 Å². The van der Waals surface area contributed by atoms with Gasteiger partial charge in [0.15, 0.2) is 0 Å². The van der Waals surface area contributed by atoms with Gasteiger partial charge in [-0.25, -0.2) is 0 Å². The molecule has 0 radical (unpaired) electrons. The van der Waals surface area contributed by atoms with Crippen LogP contribution in [-0.2, 0) is 16.1 Å². The average molecular weight is 288 g/mol. The predicted octanol–water partition coefficient (Wildman–Crippen LogP) is 2.65. The molecule has 0 unspecified atom stereocenters. The molecule has 3 nitrogen and oxygen atoms in total. The van der Waals surface area contributed by atoms with Crippen LogP contribution in [0.4, 0.5) is 0 Å². The zero-order chi connectivity index (χ0) is 13.9. The van der Waals surface area contributed by atoms with Crippen molar-refractivity contribution >= 4 is 23.4 Å². The van der Waals surface area contributed by atoms with Gasteiger partial charge in [-0.3, -0.25) is 14.5 Å². The van der Waals surface area contributed by atoms with Crippen LogP contribution >= 0.6 is 11.6 Å². The molecule has 1 heterocycles. The van der Waals surface area contributed by atoms with Crippen LogP contribution in [-0.4, -0.2) is 16.7 Å². The molecule has 102 valence electrons. The molecule has 4 heteroatoms. The van der Waals surface area contributed by atoms with Crippen molar-refractivity contribution in [2.24, 2.45) is 23.7 Å². The van der Waals surface area contributed by atoms with Gasteiger partial charge in [-0.1, -0.05) is 35.9 Å². The first-order valence-electron chi connectivity index (χ1n) is 6.93. The summed E-state index contributed by atoms with van der Waals surface area (Å²) in [4.78, 5) is 26.5. The van der Waals surface area contributed by atoms with Crippen LogP contribution in [0.25, 0.3) is 0 Å². The molecule has 0 aromatic heterocycles. The second-order valence-corrected chi connectivity index (χ2v) is 6.33. The van der Waals surface area contributed by atoms with Crippen LogP contribution in [0.3, 0.4) is 0 Å². The van der Waals surface area contributed by atoms with E-state index in [1.54, 1.807) is 6.07 Å². The highest BCUT2D eigenvalue weighted by atomic mass is 35.5. The largest absolute Gasteiger partial charge is 0.278 e. The highest BCUT2D eigenvalue weighted by Crippen LogP contribution is 2.52. The molecule has 4 rings (SSSR count). The number of halogens is 1. The Morgan fingerprint density at radius 1 is 1.10 bits per heavy atom. The molecule has 0 spiro atoms. The summed E-state index contributed by atoms with van der Waals surface area (Å²) in [5.41, 5.74) is 0.902. The van der Waals surface area contributed by atoms with Crippen LogP contribution < -0.4 is 0 Å². The number of carbonyl (C=O) groups is 2. The first kappa shape index (κ1) is 12.2. The normalized spacial score (nSPS) is 34.1. The van der Waals surface area contributed by atoms with E-state index in [0.717, 1.165) is 12.0 Å². The molecule has 2 bridgehead atoms. The Kier molecular flexibility index (Phi) is 2.55. The summed E-state index contributed by atoms with van der Waals surface area (Å²) in [5.74, 6) is 0.304. The van der Waals surface area contributed by atoms with E-state index < -0.39 is 0 Å². The Bertz CT molecular complexity index is 609. The summed E-state index contributed by atoms with van der Waals surface area (Å²) in [6.45, 7) is 0.338. The smallest absolute Gasteiger partial charge is 0.234 e. The van der Waals surface area contributed by atoms with Crippen LogP contribution in [0.5, 0.6) is 0 Å². The Balaban J connectivity index is 1.62. The SMILES string of the molecule is O=C1[C@@H]2[C@H](C(=O)N1Cc1cccc(Cl)c1)[C@H]1C=C[C@H]2C1. The quantitative estimate of drug-likeness (QED) is 0.619. The second-order valence-electron chi connectivity index (χ2n) is 5.89. The summed E-state index contributed by atoms with van der Waals surface area (Å²) in [5, 5.41) is 0.628. The molecular weight excluding hydrogens is 274 g/mol. The number of imide groups is 1. The minimum Gasteiger partial charge on any atom is -0.278 e. The minimum absolute atomic E-state index is 0.00294. The maximum Gasteiger partial charge on any atom is 0.234 e. The van der Waals surface area contributed by atoms with Gasteiger partial charge < -0.3 is 0 Å². The first-order valence-corrected chi connectivity index (χ1v) is 7.31. The molecule has 2 fully saturated rings. The maximum absolute atomic E-state index is 12.5. The molecule has 1 saturated heterocycles. The van der Waals surface area contributed by atoms with Crippen molar-refractivity contribution < 1.29 is 9.59 Å². The van der Waals surface area contributed by atoms with Crippen LogP contribution in [0.1, 0.15) is 12.0 Å². The number of likely N-dealkylation sites (tertiary alicyclic amines) is 1. The van der Waals surface area contributed by atoms with E-state index in [0.29, 0.717) is 11.6 Å². The van der Waals surface area contributed by atoms with Gasteiger partial charge in [0.2, 0.25) is 11.8 Å². The van der Waals surface area contributed by atoms with E-state index in [9.17, 15) is 9.59 Å². The molecule has 0 N–H and O–H groups in total. The lowest BCUT2D eigenvalue weighted by atomic mass is 9.85. The first-order chi connectivity index (χ1) is 9.65. The van der Waals surface area contributed by atoms with Crippen molar-refractivity contribution in [2.45, 2.75) is 13.0 Å². The fourth-order valence-electron chi connectivity index (χ4n) is 3.94. The summed E-state index contributed by atoms with van der Waals surface area (Å²) in [6, 6.07) is 7.34. The monoisotopic (exact) mass is 287 g/mol. The van der Waals surface area contributed by atoms with Crippen LogP contribution in [0, 0.1) is 23.7 Å². The molecule has 1 aromatic carbocycles. The van der Waals surface area contributed by atoms with Crippen LogP contribution in [0.2, 0.25) is 5.02 Å². The fraction of sp³-hybridized carbons (Fsp3) is 0.375. The third-order valence-corrected chi connectivity index (χ3v) is 5.03. The van der Waals surface area contributed by atoms with Crippen LogP contribution in [0.15, 0.2) is 36.4 Å². The van der Waals surface area contributed by atoms with E-state index in [2.05, 4.69) is 12.2 Å². The van der Waals surface area contributed by atoms with Crippen molar-refractivity contribution in [3.63, 3.8) is 0 Å². The van der Waals surface area contributed by atoms with Gasteiger partial charge in [-0.2, -0.15) is 0 Å². The molecule has 3 aliphatic rings. The van der Waals surface area contributed by atoms with Crippen molar-refractivity contribution in [1.82, 2.24) is 4.90 Å². The molecule has 20 heavy (non-hydrogen) atoms. The van der Waals surface area contributed by atoms with Gasteiger partial charge in [0.05, 0.1) is 18.4 Å². The summed E-state index contributed by atoms with van der Waals surface area (Å²) < 4.78 is 0. The Morgan fingerprint density at radius 2 is 1.75 bits per heavy atom. The van der Waals surface area contributed by atoms with E-state index in [4.69, 9.17) is 11.6 Å². The zero-order valence-corrected chi connectivity index (χ0v) is 11.6. The summed E-state index contributed by atoms with van der Waals surface area (Å²) >= 11 is 5.96. The van der Waals surface area contributed by atoms with Gasteiger partial charge in [0.1, 0.15) is 0 Å². The lowest BCUT2D eigenvalue weighted by Crippen LogP contribution is -2.32. The third kappa shape index (κ3) is 1.59. The zero-order valence-electron chi connectivity index (χ0n) is 10.8. The molecular formula is C16H14ClNO2. The van der Waals surface area contributed by atoms with E-state index in [1.807, 2.05) is 18.2 Å². The van der Waals surface area contributed by atoms with Crippen molar-refractivity contribution in [1.29, 1.82) is 0 Å². The average Bonchev–Trinajstić information content (AvgIpc) is 3.09. The number of fused-ring (bicyclic) bond motifs is 5. The number of allylic oxidation sites excluding steroid dienone is 2. The Morgan fingerprint density at radius 3 is 2.35 bits per heavy atom. The van der Waals surface area contributed by atoms with Gasteiger partial charge in [-0.15, -0.1) is 0 Å². The van der Waals surface area contributed by atoms with E-state index >= 15 is 0 Å². The lowest BCUT2D eigenvalue weighted by Gasteiger charge is -2.17. The number of nitrogens with zero attached hydrogens (tertiary/aromatic N) is 1. The highest BCUT2D eigenvalue weighted by molar-refractivity contribution is 6.30. The summed E-state index contributed by atoms with van der Waals surface area (Å²) in [7, 11) is 0. The van der Waals surface area contributed by atoms with Crippen molar-refractivity contribution in [3.05, 3.63) is 47.0 Å². The molecule has 1 saturated carbocycles. The lowest BCUT2D eigenvalue weighted by molar-refractivity contribution is -0.141. The highest BCUT2D eigenvalue weighted by Gasteiger charge is 2.59. The standard InChI is InChI=1S/C16H14ClNO2/c17-12-3-1-2-9(6-12)8-18-15(19)13-10-4-5-11(7-10)14(13)16(18)20/h1-6,10-11,13-14H,7-8H2/t10-,11-,13-,14+/m0/s1. The molecule has 2 aliphatic carbocycles. The Hall–Kier alpha value is -1.61. The fourth-order valence-corrected chi connectivity index (χ4v) is 4.15. The number of hydrogen-bond acceptors (Lipinski definition) is 2. The topological polar surface area (TPSA) is 37.4 Å². The number of carbonyl (C=O) groups excluding carboxylic acids is 2. The number of amides is 2. The minimum atomic E-state index is -0.114. The number of rotatable bonds is 2. The van der Waals surface area contributed by atoms with Gasteiger partial charge in [0, 0.05) is 5.02 Å². The van der Waals surface area contributed by atoms with E-state index in [1.165, 1.54) is 4.90 Å². The van der Waals surface area contributed by atoms with Crippen molar-refractivity contribution in [2.75, 3.05) is 0 Å². The summed E-state index contributed by atoms with van der Waals surface area (Å²) in [6.07, 6.45) is 5.19. The maximum atomic E-state index is 12.5. The van der Waals surface area contributed by atoms with Gasteiger partial charge in [0.25, 0.3) is 0 Å². The number of benzene rings is 1. The van der Waals surface area contributed by atoms with Gasteiger partial charge in [-0.05, 0) is 36.0 Å². The molecule has 4 atom stereocenters. The van der Waals surface area contributed by atoms with E-state index in [-0.39, 0.29) is 35.5 Å². The second kappa shape index (κ2) is 4.19. The third-order valence-electron chi connectivity index (χ3n) is 4.79. The molecule has 1 aromatic rings. The predicted molar refractivity (Wildman–Crippen MR) is 74.7 cm³/mol. The van der Waals surface area contributed by atoms with Gasteiger partial charge >= 0.3 is 0 Å². The number of hydrogen-bond donors (Lipinski definition) is 0. The molecule has 2 amide bonds. The Labute approximate surface area is 122 Å².